The third kappa shape index (κ3) is 3.98. The average molecular weight is 235 g/mol. The van der Waals surface area contributed by atoms with Crippen LogP contribution in [0.4, 0.5) is 0 Å². The predicted molar refractivity (Wildman–Crippen MR) is 63.9 cm³/mol. The van der Waals surface area contributed by atoms with E-state index in [-0.39, 0.29) is 24.6 Å². The fraction of sp³-hybridized carbons (Fsp3) is 0.462. The number of nitrogens with zero attached hydrogens (tertiary/aromatic N) is 1. The third-order valence-electron chi connectivity index (χ3n) is 2.34. The molecule has 17 heavy (non-hydrogen) atoms. The molecule has 0 saturated carbocycles. The lowest BCUT2D eigenvalue weighted by atomic mass is 10.1. The molecule has 4 nitrogen and oxygen atoms in total. The molecule has 1 aromatic heterocycles. The zero-order chi connectivity index (χ0) is 12.8. The van der Waals surface area contributed by atoms with Gasteiger partial charge in [-0.3, -0.25) is 14.6 Å². The molecule has 0 unspecified atom stereocenters. The quantitative estimate of drug-likeness (QED) is 0.580. The standard InChI is InChI=1S/C13H17NO3/c1-4-17-12(16)6-5-11(15)13-10(3)7-9(2)8-14-13/h7-8H,4-6H2,1-3H3. The Kier molecular flexibility index (Phi) is 4.82. The number of hydrogen-bond donors (Lipinski definition) is 0. The number of hydrogen-bond acceptors (Lipinski definition) is 4. The SMILES string of the molecule is CCOC(=O)CCC(=O)c1ncc(C)cc1C. The summed E-state index contributed by atoms with van der Waals surface area (Å²) in [5.74, 6) is -0.457. The summed E-state index contributed by atoms with van der Waals surface area (Å²) in [6, 6.07) is 1.91. The highest BCUT2D eigenvalue weighted by Crippen LogP contribution is 2.10. The third-order valence-corrected chi connectivity index (χ3v) is 2.34. The number of aromatic nitrogens is 1. The van der Waals surface area contributed by atoms with Crippen LogP contribution in [0.1, 0.15) is 41.4 Å². The van der Waals surface area contributed by atoms with E-state index in [1.807, 2.05) is 19.9 Å². The summed E-state index contributed by atoms with van der Waals surface area (Å²) in [7, 11) is 0. The minimum absolute atomic E-state index is 0.113. The topological polar surface area (TPSA) is 56.3 Å². The van der Waals surface area contributed by atoms with Crippen molar-refractivity contribution in [1.29, 1.82) is 0 Å². The molecular weight excluding hydrogens is 218 g/mol. The van der Waals surface area contributed by atoms with Crippen LogP contribution in [0.25, 0.3) is 0 Å². The summed E-state index contributed by atoms with van der Waals surface area (Å²) in [6.07, 6.45) is 1.92. The van der Waals surface area contributed by atoms with Crippen LogP contribution >= 0.6 is 0 Å². The minimum Gasteiger partial charge on any atom is -0.466 e. The fourth-order valence-corrected chi connectivity index (χ4v) is 1.57. The molecular formula is C13H17NO3. The second-order valence-corrected chi connectivity index (χ2v) is 3.91. The zero-order valence-corrected chi connectivity index (χ0v) is 10.4. The lowest BCUT2D eigenvalue weighted by Crippen LogP contribution is -2.10. The van der Waals surface area contributed by atoms with Crippen molar-refractivity contribution in [3.05, 3.63) is 29.1 Å². The fourth-order valence-electron chi connectivity index (χ4n) is 1.57. The summed E-state index contributed by atoms with van der Waals surface area (Å²) >= 11 is 0. The van der Waals surface area contributed by atoms with Crippen LogP contribution in [0.2, 0.25) is 0 Å². The molecule has 0 saturated heterocycles. The summed E-state index contributed by atoms with van der Waals surface area (Å²) in [6.45, 7) is 5.85. The molecule has 0 radical (unpaired) electrons. The molecule has 0 spiro atoms. The van der Waals surface area contributed by atoms with Crippen LogP contribution in [-0.2, 0) is 9.53 Å². The monoisotopic (exact) mass is 235 g/mol. The van der Waals surface area contributed by atoms with E-state index in [1.54, 1.807) is 13.1 Å². The second-order valence-electron chi connectivity index (χ2n) is 3.91. The van der Waals surface area contributed by atoms with Gasteiger partial charge in [-0.05, 0) is 31.9 Å². The van der Waals surface area contributed by atoms with Gasteiger partial charge < -0.3 is 4.74 Å². The van der Waals surface area contributed by atoms with Crippen molar-refractivity contribution in [2.45, 2.75) is 33.6 Å². The van der Waals surface area contributed by atoms with Crippen molar-refractivity contribution in [3.8, 4) is 0 Å². The number of aryl methyl sites for hydroxylation is 2. The van der Waals surface area contributed by atoms with Gasteiger partial charge in [0.2, 0.25) is 0 Å². The molecule has 0 aliphatic rings. The van der Waals surface area contributed by atoms with Crippen molar-refractivity contribution in [2.75, 3.05) is 6.61 Å². The number of Topliss-reactive ketones (excluding diaryl/α,β-unsaturated/α-hetero) is 1. The van der Waals surface area contributed by atoms with E-state index >= 15 is 0 Å². The van der Waals surface area contributed by atoms with Gasteiger partial charge in [0.1, 0.15) is 5.69 Å². The van der Waals surface area contributed by atoms with Crippen molar-refractivity contribution in [3.63, 3.8) is 0 Å². The lowest BCUT2D eigenvalue weighted by Gasteiger charge is -2.05. The Balaban J connectivity index is 2.61. The lowest BCUT2D eigenvalue weighted by molar-refractivity contribution is -0.143. The van der Waals surface area contributed by atoms with Gasteiger partial charge in [-0.2, -0.15) is 0 Å². The van der Waals surface area contributed by atoms with Crippen LogP contribution in [0.5, 0.6) is 0 Å². The van der Waals surface area contributed by atoms with Gasteiger partial charge in [-0.25, -0.2) is 0 Å². The Morgan fingerprint density at radius 3 is 2.59 bits per heavy atom. The van der Waals surface area contributed by atoms with Gasteiger partial charge in [0.15, 0.2) is 5.78 Å². The van der Waals surface area contributed by atoms with E-state index in [1.165, 1.54) is 0 Å². The Morgan fingerprint density at radius 1 is 1.29 bits per heavy atom. The Morgan fingerprint density at radius 2 is 2.00 bits per heavy atom. The van der Waals surface area contributed by atoms with E-state index in [0.29, 0.717) is 12.3 Å². The zero-order valence-electron chi connectivity index (χ0n) is 10.4. The van der Waals surface area contributed by atoms with Crippen LogP contribution in [0.15, 0.2) is 12.3 Å². The highest BCUT2D eigenvalue weighted by molar-refractivity contribution is 5.97. The summed E-state index contributed by atoms with van der Waals surface area (Å²) in [4.78, 5) is 27.0. The van der Waals surface area contributed by atoms with Crippen molar-refractivity contribution in [1.82, 2.24) is 4.98 Å². The molecule has 1 heterocycles. The largest absolute Gasteiger partial charge is 0.466 e. The van der Waals surface area contributed by atoms with Gasteiger partial charge in [0.25, 0.3) is 0 Å². The van der Waals surface area contributed by atoms with Crippen LogP contribution < -0.4 is 0 Å². The molecule has 1 rings (SSSR count). The number of rotatable bonds is 5. The molecule has 0 atom stereocenters. The molecule has 92 valence electrons. The van der Waals surface area contributed by atoms with E-state index in [4.69, 9.17) is 4.74 Å². The van der Waals surface area contributed by atoms with Crippen molar-refractivity contribution in [2.24, 2.45) is 0 Å². The molecule has 1 aromatic rings. The van der Waals surface area contributed by atoms with Gasteiger partial charge in [-0.1, -0.05) is 6.07 Å². The predicted octanol–water partition coefficient (Wildman–Crippen LogP) is 2.22. The summed E-state index contributed by atoms with van der Waals surface area (Å²) < 4.78 is 4.77. The molecule has 0 amide bonds. The van der Waals surface area contributed by atoms with Gasteiger partial charge in [-0.15, -0.1) is 0 Å². The van der Waals surface area contributed by atoms with Crippen LogP contribution in [0, 0.1) is 13.8 Å². The van der Waals surface area contributed by atoms with E-state index in [9.17, 15) is 9.59 Å². The number of ether oxygens (including phenoxy) is 1. The van der Waals surface area contributed by atoms with Gasteiger partial charge in [0.05, 0.1) is 13.0 Å². The van der Waals surface area contributed by atoms with Crippen molar-refractivity contribution >= 4 is 11.8 Å². The smallest absolute Gasteiger partial charge is 0.306 e. The average Bonchev–Trinajstić information content (AvgIpc) is 2.26. The molecule has 0 fully saturated rings. The number of ketones is 1. The highest BCUT2D eigenvalue weighted by atomic mass is 16.5. The van der Waals surface area contributed by atoms with Crippen LogP contribution in [0.3, 0.4) is 0 Å². The second kappa shape index (κ2) is 6.13. The Bertz CT molecular complexity index is 427. The molecule has 0 N–H and O–H groups in total. The maximum absolute atomic E-state index is 11.8. The first kappa shape index (κ1) is 13.4. The summed E-state index contributed by atoms with van der Waals surface area (Å²) in [5, 5.41) is 0. The molecule has 0 aliphatic carbocycles. The molecule has 0 bridgehead atoms. The number of pyridine rings is 1. The Labute approximate surface area is 101 Å². The van der Waals surface area contributed by atoms with E-state index < -0.39 is 0 Å². The normalized spacial score (nSPS) is 10.1. The maximum Gasteiger partial charge on any atom is 0.306 e. The van der Waals surface area contributed by atoms with Gasteiger partial charge in [0, 0.05) is 12.6 Å². The minimum atomic E-state index is -0.342. The number of carbonyl (C=O) groups is 2. The highest BCUT2D eigenvalue weighted by Gasteiger charge is 2.13. The van der Waals surface area contributed by atoms with Gasteiger partial charge >= 0.3 is 5.97 Å². The van der Waals surface area contributed by atoms with Crippen LogP contribution in [-0.4, -0.2) is 23.3 Å². The van der Waals surface area contributed by atoms with Crippen molar-refractivity contribution < 1.29 is 14.3 Å². The molecule has 0 aliphatic heterocycles. The first-order valence-corrected chi connectivity index (χ1v) is 5.66. The maximum atomic E-state index is 11.8. The van der Waals surface area contributed by atoms with E-state index in [0.717, 1.165) is 11.1 Å². The number of carbonyl (C=O) groups excluding carboxylic acids is 2. The summed E-state index contributed by atoms with van der Waals surface area (Å²) in [5.41, 5.74) is 2.31. The first-order chi connectivity index (χ1) is 8.04. The Hall–Kier alpha value is -1.71. The molecule has 4 heteroatoms. The molecule has 0 aromatic carbocycles. The van der Waals surface area contributed by atoms with E-state index in [2.05, 4.69) is 4.98 Å². The first-order valence-electron chi connectivity index (χ1n) is 5.66. The number of esters is 1.